The molecule has 3 nitrogen and oxygen atoms in total. The molecule has 2 aliphatic rings. The van der Waals surface area contributed by atoms with E-state index in [1.807, 2.05) is 24.3 Å². The fourth-order valence-electron chi connectivity index (χ4n) is 3.59. The van der Waals surface area contributed by atoms with Gasteiger partial charge in [-0.3, -0.25) is 4.99 Å². The topological polar surface area (TPSA) is 41.8 Å². The molecule has 0 saturated heterocycles. The summed E-state index contributed by atoms with van der Waals surface area (Å²) in [6, 6.07) is 11.7. The summed E-state index contributed by atoms with van der Waals surface area (Å²) in [5, 5.41) is 11.0. The van der Waals surface area contributed by atoms with Gasteiger partial charge in [0.15, 0.2) is 11.5 Å². The van der Waals surface area contributed by atoms with Gasteiger partial charge in [-0.1, -0.05) is 29.8 Å². The van der Waals surface area contributed by atoms with Gasteiger partial charge in [0.2, 0.25) is 0 Å². The summed E-state index contributed by atoms with van der Waals surface area (Å²) >= 11 is 6.45. The molecule has 2 aromatic rings. The average Bonchev–Trinajstić information content (AvgIpc) is 3.35. The standard InChI is InChI=1S/C19H18ClNO2/c1-23-17-10-12-6-9-21-18(13(12)11-16(17)22)19(7-8-19)14-4-2-3-5-15(14)20/h2-5,10-11,22H,6-9H2,1H3. The number of hydrogen-bond acceptors (Lipinski definition) is 3. The number of rotatable bonds is 3. The van der Waals surface area contributed by atoms with Crippen molar-refractivity contribution in [1.29, 1.82) is 0 Å². The second-order valence-electron chi connectivity index (χ2n) is 6.22. The van der Waals surface area contributed by atoms with E-state index < -0.39 is 0 Å². The maximum Gasteiger partial charge on any atom is 0.160 e. The molecule has 23 heavy (non-hydrogen) atoms. The third kappa shape index (κ3) is 2.22. The maximum absolute atomic E-state index is 10.2. The number of benzene rings is 2. The summed E-state index contributed by atoms with van der Waals surface area (Å²) in [5.74, 6) is 0.684. The third-order valence-electron chi connectivity index (χ3n) is 4.90. The normalized spacial score (nSPS) is 18.1. The minimum atomic E-state index is -0.103. The molecule has 0 spiro atoms. The molecule has 4 rings (SSSR count). The summed E-state index contributed by atoms with van der Waals surface area (Å²) in [7, 11) is 1.57. The van der Waals surface area contributed by atoms with Crippen molar-refractivity contribution in [3.63, 3.8) is 0 Å². The molecule has 1 N–H and O–H groups in total. The highest BCUT2D eigenvalue weighted by Gasteiger charge is 2.51. The Hall–Kier alpha value is -2.00. The van der Waals surface area contributed by atoms with E-state index in [1.54, 1.807) is 13.2 Å². The van der Waals surface area contributed by atoms with Crippen LogP contribution in [0.1, 0.15) is 29.5 Å². The van der Waals surface area contributed by atoms with Crippen LogP contribution in [0.2, 0.25) is 5.02 Å². The molecule has 1 saturated carbocycles. The number of aliphatic imine (C=N–C) groups is 1. The van der Waals surface area contributed by atoms with Gasteiger partial charge < -0.3 is 9.84 Å². The van der Waals surface area contributed by atoms with Crippen LogP contribution >= 0.6 is 11.6 Å². The van der Waals surface area contributed by atoms with Gasteiger partial charge in [0.1, 0.15) is 0 Å². The number of phenols is 1. The number of phenolic OH excluding ortho intramolecular Hbond substituents is 1. The van der Waals surface area contributed by atoms with Crippen molar-refractivity contribution in [3.8, 4) is 11.5 Å². The summed E-state index contributed by atoms with van der Waals surface area (Å²) in [6.07, 6.45) is 2.96. The largest absolute Gasteiger partial charge is 0.504 e. The number of hydrogen-bond donors (Lipinski definition) is 1. The Bertz CT molecular complexity index is 809. The smallest absolute Gasteiger partial charge is 0.160 e. The molecule has 0 radical (unpaired) electrons. The molecular weight excluding hydrogens is 310 g/mol. The fourth-order valence-corrected chi connectivity index (χ4v) is 3.91. The van der Waals surface area contributed by atoms with E-state index in [2.05, 4.69) is 6.07 Å². The van der Waals surface area contributed by atoms with Gasteiger partial charge in [0, 0.05) is 22.5 Å². The molecule has 1 fully saturated rings. The van der Waals surface area contributed by atoms with Gasteiger partial charge in [-0.25, -0.2) is 0 Å². The summed E-state index contributed by atoms with van der Waals surface area (Å²) in [5.41, 5.74) is 4.32. The van der Waals surface area contributed by atoms with Crippen LogP contribution < -0.4 is 4.74 Å². The molecule has 1 heterocycles. The van der Waals surface area contributed by atoms with Gasteiger partial charge in [0.05, 0.1) is 12.8 Å². The summed E-state index contributed by atoms with van der Waals surface area (Å²) in [4.78, 5) is 4.83. The zero-order valence-corrected chi connectivity index (χ0v) is 13.7. The van der Waals surface area contributed by atoms with Crippen molar-refractivity contribution >= 4 is 17.3 Å². The highest BCUT2D eigenvalue weighted by Crippen LogP contribution is 2.54. The molecule has 1 aliphatic heterocycles. The van der Waals surface area contributed by atoms with E-state index in [0.29, 0.717) is 5.75 Å². The molecule has 0 aromatic heterocycles. The quantitative estimate of drug-likeness (QED) is 0.921. The van der Waals surface area contributed by atoms with Crippen molar-refractivity contribution in [2.75, 3.05) is 13.7 Å². The van der Waals surface area contributed by atoms with Gasteiger partial charge >= 0.3 is 0 Å². The number of nitrogens with zero attached hydrogens (tertiary/aromatic N) is 1. The summed E-state index contributed by atoms with van der Waals surface area (Å²) < 4.78 is 5.24. The first-order chi connectivity index (χ1) is 11.2. The van der Waals surface area contributed by atoms with Crippen LogP contribution in [0, 0.1) is 0 Å². The van der Waals surface area contributed by atoms with Gasteiger partial charge in [-0.2, -0.15) is 0 Å². The Kier molecular flexibility index (Phi) is 3.34. The Labute approximate surface area is 140 Å². The maximum atomic E-state index is 10.2. The van der Waals surface area contributed by atoms with Crippen LogP contribution in [0.25, 0.3) is 0 Å². The Balaban J connectivity index is 1.85. The number of halogens is 1. The van der Waals surface area contributed by atoms with Crippen molar-refractivity contribution in [1.82, 2.24) is 0 Å². The minimum absolute atomic E-state index is 0.103. The lowest BCUT2D eigenvalue weighted by Crippen LogP contribution is -2.26. The van der Waals surface area contributed by atoms with Crippen molar-refractivity contribution in [2.24, 2.45) is 4.99 Å². The van der Waals surface area contributed by atoms with Crippen LogP contribution in [0.3, 0.4) is 0 Å². The Morgan fingerprint density at radius 2 is 2.00 bits per heavy atom. The van der Waals surface area contributed by atoms with Crippen LogP contribution in [0.4, 0.5) is 0 Å². The lowest BCUT2D eigenvalue weighted by molar-refractivity contribution is 0.373. The van der Waals surface area contributed by atoms with Crippen molar-refractivity contribution < 1.29 is 9.84 Å². The number of methoxy groups -OCH3 is 1. The van der Waals surface area contributed by atoms with Crippen molar-refractivity contribution in [3.05, 3.63) is 58.1 Å². The predicted octanol–water partition coefficient (Wildman–Crippen LogP) is 4.13. The van der Waals surface area contributed by atoms with Crippen molar-refractivity contribution in [2.45, 2.75) is 24.7 Å². The van der Waals surface area contributed by atoms with E-state index in [9.17, 15) is 5.11 Å². The van der Waals surface area contributed by atoms with Crippen LogP contribution in [-0.2, 0) is 11.8 Å². The van der Waals surface area contributed by atoms with E-state index >= 15 is 0 Å². The second-order valence-corrected chi connectivity index (χ2v) is 6.63. The molecule has 0 unspecified atom stereocenters. The Morgan fingerprint density at radius 3 is 2.70 bits per heavy atom. The van der Waals surface area contributed by atoms with E-state index in [1.165, 1.54) is 5.56 Å². The van der Waals surface area contributed by atoms with E-state index in [0.717, 1.165) is 47.7 Å². The Morgan fingerprint density at radius 1 is 1.22 bits per heavy atom. The average molecular weight is 328 g/mol. The lowest BCUT2D eigenvalue weighted by atomic mass is 9.82. The van der Waals surface area contributed by atoms with E-state index in [4.69, 9.17) is 21.3 Å². The SMILES string of the molecule is COc1cc2c(cc1O)C(C1(c3ccccc3Cl)CC1)=NCC2. The lowest BCUT2D eigenvalue weighted by Gasteiger charge is -2.26. The molecule has 0 atom stereocenters. The highest BCUT2D eigenvalue weighted by atomic mass is 35.5. The molecule has 118 valence electrons. The third-order valence-corrected chi connectivity index (χ3v) is 5.23. The van der Waals surface area contributed by atoms with Crippen LogP contribution in [-0.4, -0.2) is 24.5 Å². The second kappa shape index (κ2) is 5.27. The zero-order valence-electron chi connectivity index (χ0n) is 13.0. The molecule has 1 aliphatic carbocycles. The summed E-state index contributed by atoms with van der Waals surface area (Å²) in [6.45, 7) is 0.766. The minimum Gasteiger partial charge on any atom is -0.504 e. The monoisotopic (exact) mass is 327 g/mol. The van der Waals surface area contributed by atoms with Gasteiger partial charge in [-0.05, 0) is 48.6 Å². The molecule has 4 heteroatoms. The number of aromatic hydroxyl groups is 1. The first-order valence-electron chi connectivity index (χ1n) is 7.86. The van der Waals surface area contributed by atoms with Gasteiger partial charge in [0.25, 0.3) is 0 Å². The predicted molar refractivity (Wildman–Crippen MR) is 92.1 cm³/mol. The molecule has 0 bridgehead atoms. The fraction of sp³-hybridized carbons (Fsp3) is 0.316. The van der Waals surface area contributed by atoms with Crippen LogP contribution in [0.15, 0.2) is 41.4 Å². The first kappa shape index (κ1) is 14.6. The molecular formula is C19H18ClNO2. The van der Waals surface area contributed by atoms with E-state index in [-0.39, 0.29) is 11.2 Å². The highest BCUT2D eigenvalue weighted by molar-refractivity contribution is 6.32. The number of fused-ring (bicyclic) bond motifs is 1. The first-order valence-corrected chi connectivity index (χ1v) is 8.24. The molecule has 2 aromatic carbocycles. The molecule has 0 amide bonds. The number of ether oxygens (including phenoxy) is 1. The van der Waals surface area contributed by atoms with Crippen LogP contribution in [0.5, 0.6) is 11.5 Å². The zero-order chi connectivity index (χ0) is 16.0. The van der Waals surface area contributed by atoms with Gasteiger partial charge in [-0.15, -0.1) is 0 Å².